The molecule has 0 aromatic carbocycles. The van der Waals surface area contributed by atoms with Gasteiger partial charge in [0.15, 0.2) is 24.0 Å². The highest BCUT2D eigenvalue weighted by Crippen LogP contribution is 2.44. The van der Waals surface area contributed by atoms with Crippen LogP contribution in [0.4, 0.5) is 0 Å². The summed E-state index contributed by atoms with van der Waals surface area (Å²) in [5.41, 5.74) is 0. The summed E-state index contributed by atoms with van der Waals surface area (Å²) < 4.78 is 28.7. The number of carbonyl (C=O) groups excluding carboxylic acids is 1. The summed E-state index contributed by atoms with van der Waals surface area (Å²) >= 11 is 0. The van der Waals surface area contributed by atoms with Crippen LogP contribution >= 0.6 is 0 Å². The van der Waals surface area contributed by atoms with Gasteiger partial charge in [0.25, 0.3) is 0 Å². The van der Waals surface area contributed by atoms with Gasteiger partial charge in [0.1, 0.15) is 18.3 Å². The molecule has 6 heteroatoms. The topological polar surface area (TPSA) is 63.2 Å². The molecule has 0 aromatic rings. The van der Waals surface area contributed by atoms with Crippen LogP contribution in [0.5, 0.6) is 0 Å². The molecule has 0 amide bonds. The van der Waals surface area contributed by atoms with Crippen LogP contribution in [0.3, 0.4) is 0 Å². The SMILES string of the molecule is C#CC(=O)[C@@H]1O[C@H]2OC(C)(C)O[C@@H]2[C@@H]2OC(C)(C)O[C@H]21. The third-order valence-electron chi connectivity index (χ3n) is 3.56. The molecule has 0 bridgehead atoms. The van der Waals surface area contributed by atoms with E-state index in [-0.39, 0.29) is 0 Å². The van der Waals surface area contributed by atoms with Crippen LogP contribution in [0.15, 0.2) is 0 Å². The lowest BCUT2D eigenvalue weighted by Crippen LogP contribution is -2.57. The van der Waals surface area contributed by atoms with Crippen molar-refractivity contribution in [1.29, 1.82) is 0 Å². The fraction of sp³-hybridized carbons (Fsp3) is 0.786. The molecule has 3 fully saturated rings. The molecule has 0 unspecified atom stereocenters. The first kappa shape index (κ1) is 14.0. The summed E-state index contributed by atoms with van der Waals surface area (Å²) in [6.45, 7) is 7.11. The number of fused-ring (bicyclic) bond motifs is 3. The van der Waals surface area contributed by atoms with Crippen molar-refractivity contribution in [3.05, 3.63) is 0 Å². The van der Waals surface area contributed by atoms with Crippen LogP contribution < -0.4 is 0 Å². The molecular weight excluding hydrogens is 264 g/mol. The van der Waals surface area contributed by atoms with E-state index in [4.69, 9.17) is 30.1 Å². The number of ketones is 1. The molecule has 0 aromatic heterocycles. The summed E-state index contributed by atoms with van der Waals surface area (Å²) in [7, 11) is 0. The Labute approximate surface area is 117 Å². The van der Waals surface area contributed by atoms with Crippen molar-refractivity contribution in [1.82, 2.24) is 0 Å². The summed E-state index contributed by atoms with van der Waals surface area (Å²) in [5, 5.41) is 0. The van der Waals surface area contributed by atoms with Gasteiger partial charge in [-0.25, -0.2) is 0 Å². The zero-order valence-electron chi connectivity index (χ0n) is 11.9. The molecule has 3 saturated heterocycles. The molecule has 3 aliphatic heterocycles. The Balaban J connectivity index is 1.92. The third-order valence-corrected chi connectivity index (χ3v) is 3.56. The number of terminal acetylenes is 1. The molecule has 3 aliphatic rings. The summed E-state index contributed by atoms with van der Waals surface area (Å²) in [6.07, 6.45) is 2.12. The van der Waals surface area contributed by atoms with Gasteiger partial charge in [-0.15, -0.1) is 6.42 Å². The Morgan fingerprint density at radius 2 is 1.50 bits per heavy atom. The van der Waals surface area contributed by atoms with Crippen molar-refractivity contribution in [3.8, 4) is 12.3 Å². The fourth-order valence-electron chi connectivity index (χ4n) is 2.91. The zero-order valence-corrected chi connectivity index (χ0v) is 11.9. The van der Waals surface area contributed by atoms with Crippen LogP contribution in [0.2, 0.25) is 0 Å². The van der Waals surface area contributed by atoms with E-state index in [2.05, 4.69) is 5.92 Å². The number of rotatable bonds is 1. The van der Waals surface area contributed by atoms with E-state index in [1.54, 1.807) is 27.7 Å². The van der Waals surface area contributed by atoms with Gasteiger partial charge in [-0.2, -0.15) is 0 Å². The second-order valence-corrected chi connectivity index (χ2v) is 6.10. The molecule has 0 aliphatic carbocycles. The molecule has 20 heavy (non-hydrogen) atoms. The van der Waals surface area contributed by atoms with Gasteiger partial charge in [0, 0.05) is 0 Å². The number of hydrogen-bond acceptors (Lipinski definition) is 6. The number of carbonyl (C=O) groups is 1. The van der Waals surface area contributed by atoms with E-state index in [0.717, 1.165) is 0 Å². The predicted octanol–water partition coefficient (Wildman–Crippen LogP) is 0.585. The predicted molar refractivity (Wildman–Crippen MR) is 66.4 cm³/mol. The average Bonchev–Trinajstić information content (AvgIpc) is 2.81. The van der Waals surface area contributed by atoms with Crippen LogP contribution in [0.1, 0.15) is 27.7 Å². The minimum atomic E-state index is -0.898. The van der Waals surface area contributed by atoms with Crippen molar-refractivity contribution in [2.24, 2.45) is 0 Å². The van der Waals surface area contributed by atoms with E-state index in [0.29, 0.717) is 0 Å². The van der Waals surface area contributed by atoms with Crippen LogP contribution in [-0.4, -0.2) is 48.1 Å². The molecule has 5 atom stereocenters. The molecule has 6 nitrogen and oxygen atoms in total. The van der Waals surface area contributed by atoms with Crippen molar-refractivity contribution >= 4 is 5.78 Å². The highest BCUT2D eigenvalue weighted by molar-refractivity contribution is 5.99. The number of hydrogen-bond donors (Lipinski definition) is 0. The third kappa shape index (κ3) is 2.16. The molecule has 3 heterocycles. The van der Waals surface area contributed by atoms with Crippen molar-refractivity contribution < 1.29 is 28.5 Å². The average molecular weight is 282 g/mol. The Morgan fingerprint density at radius 3 is 2.15 bits per heavy atom. The van der Waals surface area contributed by atoms with Crippen LogP contribution in [0, 0.1) is 12.3 Å². The van der Waals surface area contributed by atoms with Gasteiger partial charge >= 0.3 is 0 Å². The first-order valence-electron chi connectivity index (χ1n) is 6.60. The maximum Gasteiger partial charge on any atom is 0.236 e. The monoisotopic (exact) mass is 282 g/mol. The smallest absolute Gasteiger partial charge is 0.236 e. The summed E-state index contributed by atoms with van der Waals surface area (Å²) in [6, 6.07) is 0. The minimum Gasteiger partial charge on any atom is -0.342 e. The molecule has 0 N–H and O–H groups in total. The lowest BCUT2D eigenvalue weighted by Gasteiger charge is -2.35. The first-order valence-corrected chi connectivity index (χ1v) is 6.60. The highest BCUT2D eigenvalue weighted by atomic mass is 16.9. The quantitative estimate of drug-likeness (QED) is 0.518. The Hall–Kier alpha value is -0.970. The molecule has 0 spiro atoms. The van der Waals surface area contributed by atoms with E-state index >= 15 is 0 Å². The summed E-state index contributed by atoms with van der Waals surface area (Å²) in [4.78, 5) is 11.9. The lowest BCUT2D eigenvalue weighted by molar-refractivity contribution is -0.228. The first-order chi connectivity index (χ1) is 9.22. The molecular formula is C14H18O6. The maximum absolute atomic E-state index is 11.9. The minimum absolute atomic E-state index is 0.446. The Morgan fingerprint density at radius 1 is 0.950 bits per heavy atom. The fourth-order valence-corrected chi connectivity index (χ4v) is 2.91. The van der Waals surface area contributed by atoms with Gasteiger partial charge in [-0.05, 0) is 33.6 Å². The van der Waals surface area contributed by atoms with Gasteiger partial charge in [0.2, 0.25) is 5.78 Å². The number of Topliss-reactive ketones (excluding diaryl/α,β-unsaturated/α-hetero) is 1. The van der Waals surface area contributed by atoms with Crippen LogP contribution in [0.25, 0.3) is 0 Å². The Kier molecular flexibility index (Phi) is 2.98. The van der Waals surface area contributed by atoms with Crippen molar-refractivity contribution in [2.75, 3.05) is 0 Å². The number of ether oxygens (including phenoxy) is 5. The van der Waals surface area contributed by atoms with E-state index in [1.165, 1.54) is 0 Å². The maximum atomic E-state index is 11.9. The molecule has 110 valence electrons. The van der Waals surface area contributed by atoms with E-state index in [9.17, 15) is 4.79 Å². The van der Waals surface area contributed by atoms with Gasteiger partial charge in [0.05, 0.1) is 0 Å². The molecule has 0 radical (unpaired) electrons. The molecule has 0 saturated carbocycles. The highest BCUT2D eigenvalue weighted by Gasteiger charge is 2.61. The summed E-state index contributed by atoms with van der Waals surface area (Å²) in [5.74, 6) is -0.0234. The second-order valence-electron chi connectivity index (χ2n) is 6.10. The van der Waals surface area contributed by atoms with Gasteiger partial charge < -0.3 is 23.7 Å². The van der Waals surface area contributed by atoms with Gasteiger partial charge in [-0.1, -0.05) is 0 Å². The normalized spacial score (nSPS) is 44.5. The Bertz CT molecular complexity index is 477. The standard InChI is InChI=1S/C14H18O6/c1-6-7(15)8-9-10(18-13(2,3)17-9)11-12(16-8)20-14(4,5)19-11/h1,8-12H,2-5H3/t8-,9-,10+,11+,12-/m0/s1. The largest absolute Gasteiger partial charge is 0.342 e. The molecule has 3 rings (SSSR count). The van der Waals surface area contributed by atoms with Crippen molar-refractivity contribution in [3.63, 3.8) is 0 Å². The van der Waals surface area contributed by atoms with E-state index in [1.807, 2.05) is 0 Å². The van der Waals surface area contributed by atoms with Crippen molar-refractivity contribution in [2.45, 2.75) is 70.0 Å². The lowest BCUT2D eigenvalue weighted by atomic mass is 9.96. The van der Waals surface area contributed by atoms with E-state index < -0.39 is 48.1 Å². The zero-order chi connectivity index (χ0) is 14.7. The second kappa shape index (κ2) is 4.26. The van der Waals surface area contributed by atoms with Gasteiger partial charge in [-0.3, -0.25) is 4.79 Å². The van der Waals surface area contributed by atoms with Crippen LogP contribution in [-0.2, 0) is 28.5 Å².